The molecule has 0 bridgehead atoms. The maximum atomic E-state index is 11.4. The van der Waals surface area contributed by atoms with Gasteiger partial charge in [0.2, 0.25) is 10.0 Å². The largest absolute Gasteiger partial charge is 0.396 e. The molecule has 0 aromatic carbocycles. The summed E-state index contributed by atoms with van der Waals surface area (Å²) in [6, 6.07) is 0. The Balaban J connectivity index is 2.57. The smallest absolute Gasteiger partial charge is 0.213 e. The summed E-state index contributed by atoms with van der Waals surface area (Å²) in [7, 11) is -3.21. The second-order valence-corrected chi connectivity index (χ2v) is 6.11. The molecule has 8 heteroatoms. The van der Waals surface area contributed by atoms with Gasteiger partial charge in [0.25, 0.3) is 0 Å². The molecule has 1 aromatic heterocycles. The maximum Gasteiger partial charge on any atom is 0.213 e. The molecule has 0 fully saturated rings. The molecule has 0 radical (unpaired) electrons. The molecule has 1 heterocycles. The molecular weight excluding hydrogens is 308 g/mol. The zero-order chi connectivity index (χ0) is 12.9. The zero-order valence-electron chi connectivity index (χ0n) is 9.40. The summed E-state index contributed by atoms with van der Waals surface area (Å²) in [6.45, 7) is 2.41. The van der Waals surface area contributed by atoms with Gasteiger partial charge in [-0.05, 0) is 15.9 Å². The third kappa shape index (κ3) is 4.49. The number of nitrogens with zero attached hydrogens (tertiary/aromatic N) is 1. The van der Waals surface area contributed by atoms with Gasteiger partial charge in [0.1, 0.15) is 0 Å². The van der Waals surface area contributed by atoms with Crippen LogP contribution in [0.15, 0.2) is 16.9 Å². The van der Waals surface area contributed by atoms with E-state index in [1.54, 1.807) is 13.1 Å². The minimum Gasteiger partial charge on any atom is -0.396 e. The summed E-state index contributed by atoms with van der Waals surface area (Å²) < 4.78 is 25.9. The fourth-order valence-electron chi connectivity index (χ4n) is 1.24. The van der Waals surface area contributed by atoms with E-state index in [2.05, 4.69) is 31.0 Å². The Labute approximate surface area is 109 Å². The van der Waals surface area contributed by atoms with Gasteiger partial charge >= 0.3 is 0 Å². The van der Waals surface area contributed by atoms with E-state index in [-0.39, 0.29) is 12.3 Å². The number of hydrogen-bond donors (Lipinski definition) is 3. The molecular formula is C9H15BrN4O2S. The summed E-state index contributed by atoms with van der Waals surface area (Å²) in [5, 5.41) is 2.96. The highest BCUT2D eigenvalue weighted by Gasteiger charge is 2.09. The Morgan fingerprint density at radius 1 is 1.47 bits per heavy atom. The van der Waals surface area contributed by atoms with Crippen molar-refractivity contribution < 1.29 is 8.42 Å². The van der Waals surface area contributed by atoms with Crippen LogP contribution in [-0.4, -0.2) is 32.2 Å². The van der Waals surface area contributed by atoms with Crippen molar-refractivity contribution >= 4 is 37.3 Å². The Morgan fingerprint density at radius 3 is 2.76 bits per heavy atom. The van der Waals surface area contributed by atoms with E-state index < -0.39 is 10.0 Å². The van der Waals surface area contributed by atoms with Gasteiger partial charge in [0.15, 0.2) is 0 Å². The van der Waals surface area contributed by atoms with Gasteiger partial charge in [-0.1, -0.05) is 6.92 Å². The first-order valence-corrected chi connectivity index (χ1v) is 7.51. The number of anilines is 2. The monoisotopic (exact) mass is 322 g/mol. The van der Waals surface area contributed by atoms with E-state index >= 15 is 0 Å². The predicted octanol–water partition coefficient (Wildman–Crippen LogP) is 0.777. The van der Waals surface area contributed by atoms with E-state index in [9.17, 15) is 8.42 Å². The normalized spacial score (nSPS) is 11.4. The van der Waals surface area contributed by atoms with Crippen LogP contribution in [0.5, 0.6) is 0 Å². The molecule has 1 aromatic rings. The molecule has 0 aliphatic heterocycles. The van der Waals surface area contributed by atoms with Crippen molar-refractivity contribution in [3.8, 4) is 0 Å². The van der Waals surface area contributed by atoms with Gasteiger partial charge in [-0.2, -0.15) is 0 Å². The highest BCUT2D eigenvalue weighted by atomic mass is 79.9. The molecule has 0 aliphatic carbocycles. The first kappa shape index (κ1) is 14.2. The molecule has 0 aliphatic rings. The van der Waals surface area contributed by atoms with E-state index in [0.717, 1.165) is 0 Å². The van der Waals surface area contributed by atoms with E-state index in [1.165, 1.54) is 6.20 Å². The number of nitrogen functional groups attached to an aromatic ring is 1. The summed E-state index contributed by atoms with van der Waals surface area (Å²) in [5.41, 5.74) is 6.84. The van der Waals surface area contributed by atoms with Gasteiger partial charge < -0.3 is 11.1 Å². The summed E-state index contributed by atoms with van der Waals surface area (Å²) in [5.74, 6) is -0.00492. The van der Waals surface area contributed by atoms with Crippen LogP contribution in [0, 0.1) is 0 Å². The standard InChI is InChI=1S/C9H15BrN4O2S/c1-2-14-17(15,16)4-3-13-9-7(10)5-12-6-8(9)11/h5-6,14H,2-4,11H2,1H3,(H,12,13). The highest BCUT2D eigenvalue weighted by molar-refractivity contribution is 9.10. The Kier molecular flexibility index (Phi) is 5.16. The highest BCUT2D eigenvalue weighted by Crippen LogP contribution is 2.26. The summed E-state index contributed by atoms with van der Waals surface area (Å²) >= 11 is 3.29. The lowest BCUT2D eigenvalue weighted by Gasteiger charge is -2.11. The third-order valence-electron chi connectivity index (χ3n) is 1.97. The fourth-order valence-corrected chi connectivity index (χ4v) is 2.68. The molecule has 0 saturated heterocycles. The number of rotatable bonds is 6. The van der Waals surface area contributed by atoms with Gasteiger partial charge in [-0.3, -0.25) is 4.98 Å². The molecule has 6 nitrogen and oxygen atoms in total. The number of halogens is 1. The van der Waals surface area contributed by atoms with Crippen LogP contribution in [0.25, 0.3) is 0 Å². The summed E-state index contributed by atoms with van der Waals surface area (Å²) in [6.07, 6.45) is 3.10. The van der Waals surface area contributed by atoms with Crippen LogP contribution in [0.4, 0.5) is 11.4 Å². The molecule has 4 N–H and O–H groups in total. The van der Waals surface area contributed by atoms with Crippen LogP contribution >= 0.6 is 15.9 Å². The van der Waals surface area contributed by atoms with Crippen molar-refractivity contribution in [1.29, 1.82) is 0 Å². The fraction of sp³-hybridized carbons (Fsp3) is 0.444. The van der Waals surface area contributed by atoms with Crippen molar-refractivity contribution in [2.24, 2.45) is 0 Å². The van der Waals surface area contributed by atoms with E-state index in [0.29, 0.717) is 22.4 Å². The Hall–Kier alpha value is -0.860. The maximum absolute atomic E-state index is 11.4. The Morgan fingerprint density at radius 2 is 2.18 bits per heavy atom. The summed E-state index contributed by atoms with van der Waals surface area (Å²) in [4.78, 5) is 3.89. The number of pyridine rings is 1. The van der Waals surface area contributed by atoms with Gasteiger partial charge in [0.05, 0.1) is 27.8 Å². The first-order chi connectivity index (χ1) is 7.96. The molecule has 0 spiro atoms. The number of nitrogens with two attached hydrogens (primary N) is 1. The lowest BCUT2D eigenvalue weighted by atomic mass is 10.3. The quantitative estimate of drug-likeness (QED) is 0.719. The number of nitrogens with one attached hydrogen (secondary N) is 2. The van der Waals surface area contributed by atoms with Gasteiger partial charge in [0, 0.05) is 19.3 Å². The molecule has 0 saturated carbocycles. The van der Waals surface area contributed by atoms with Crippen LogP contribution < -0.4 is 15.8 Å². The van der Waals surface area contributed by atoms with E-state index in [4.69, 9.17) is 5.73 Å². The number of hydrogen-bond acceptors (Lipinski definition) is 5. The average Bonchev–Trinajstić information content (AvgIpc) is 2.22. The SMILES string of the molecule is CCNS(=O)(=O)CCNc1c(N)cncc1Br. The Bertz CT molecular complexity index is 458. The van der Waals surface area contributed by atoms with Gasteiger partial charge in [-0.15, -0.1) is 0 Å². The predicted molar refractivity (Wildman–Crippen MR) is 72.3 cm³/mol. The molecule has 0 amide bonds. The molecule has 0 atom stereocenters. The van der Waals surface area contributed by atoms with Crippen LogP contribution in [0.2, 0.25) is 0 Å². The molecule has 1 rings (SSSR count). The third-order valence-corrected chi connectivity index (χ3v) is 4.04. The molecule has 17 heavy (non-hydrogen) atoms. The van der Waals surface area contributed by atoms with Crippen molar-refractivity contribution in [2.45, 2.75) is 6.92 Å². The lowest BCUT2D eigenvalue weighted by Crippen LogP contribution is -2.29. The number of sulfonamides is 1. The number of aromatic nitrogens is 1. The van der Waals surface area contributed by atoms with Crippen LogP contribution in [-0.2, 0) is 10.0 Å². The first-order valence-electron chi connectivity index (χ1n) is 5.06. The lowest BCUT2D eigenvalue weighted by molar-refractivity contribution is 0.584. The van der Waals surface area contributed by atoms with Crippen molar-refractivity contribution in [1.82, 2.24) is 9.71 Å². The van der Waals surface area contributed by atoms with Crippen LogP contribution in [0.1, 0.15) is 6.92 Å². The second-order valence-electron chi connectivity index (χ2n) is 3.33. The average molecular weight is 323 g/mol. The minimum absolute atomic E-state index is 0.00492. The molecule has 0 unspecified atom stereocenters. The van der Waals surface area contributed by atoms with Crippen LogP contribution in [0.3, 0.4) is 0 Å². The minimum atomic E-state index is -3.21. The zero-order valence-corrected chi connectivity index (χ0v) is 11.8. The van der Waals surface area contributed by atoms with Gasteiger partial charge in [-0.25, -0.2) is 13.1 Å². The van der Waals surface area contributed by atoms with Crippen molar-refractivity contribution in [3.63, 3.8) is 0 Å². The van der Waals surface area contributed by atoms with E-state index in [1.807, 2.05) is 0 Å². The second kappa shape index (κ2) is 6.18. The molecule has 96 valence electrons. The van der Waals surface area contributed by atoms with Crippen molar-refractivity contribution in [2.75, 3.05) is 29.9 Å². The van der Waals surface area contributed by atoms with Crippen molar-refractivity contribution in [3.05, 3.63) is 16.9 Å². The topological polar surface area (TPSA) is 97.1 Å².